The molecule has 4 heterocycles. The fraction of sp³-hybridized carbons (Fsp3) is 0.379. The predicted octanol–water partition coefficient (Wildman–Crippen LogP) is 6.18. The molecule has 1 unspecified atom stereocenters. The molecule has 2 aromatic heterocycles. The summed E-state index contributed by atoms with van der Waals surface area (Å²) in [5, 5.41) is 0.687. The van der Waals surface area contributed by atoms with Gasteiger partial charge in [-0.2, -0.15) is 0 Å². The third-order valence-corrected chi connectivity index (χ3v) is 9.06. The number of benzene rings is 2. The second-order valence-electron chi connectivity index (χ2n) is 10.1. The first-order chi connectivity index (χ1) is 18.0. The number of ether oxygens (including phenoxy) is 2. The first-order valence-electron chi connectivity index (χ1n) is 12.8. The average Bonchev–Trinajstić information content (AvgIpc) is 3.45. The van der Waals surface area contributed by atoms with Crippen molar-refractivity contribution in [2.24, 2.45) is 0 Å². The van der Waals surface area contributed by atoms with Crippen molar-refractivity contribution >= 4 is 33.2 Å². The molecule has 2 saturated heterocycles. The van der Waals surface area contributed by atoms with Gasteiger partial charge in [-0.1, -0.05) is 23.7 Å². The van der Waals surface area contributed by atoms with Crippen molar-refractivity contribution < 1.29 is 9.47 Å². The highest BCUT2D eigenvalue weighted by molar-refractivity contribution is 7.22. The Hall–Kier alpha value is -2.71. The molecular formula is C29H30ClN3O3S. The number of piperidine rings is 1. The Labute approximate surface area is 225 Å². The second-order valence-corrected chi connectivity index (χ2v) is 11.6. The number of methoxy groups -OCH3 is 1. The van der Waals surface area contributed by atoms with Gasteiger partial charge in [0.2, 0.25) is 0 Å². The summed E-state index contributed by atoms with van der Waals surface area (Å²) in [6.45, 7) is 3.03. The average molecular weight is 536 g/mol. The molecule has 0 aliphatic carbocycles. The van der Waals surface area contributed by atoms with Crippen molar-refractivity contribution in [3.63, 3.8) is 0 Å². The zero-order chi connectivity index (χ0) is 25.5. The van der Waals surface area contributed by atoms with Crippen LogP contribution in [0.15, 0.2) is 65.7 Å². The van der Waals surface area contributed by atoms with Gasteiger partial charge < -0.3 is 9.47 Å². The summed E-state index contributed by atoms with van der Waals surface area (Å²) in [5.41, 5.74) is 2.43. The van der Waals surface area contributed by atoms with Crippen molar-refractivity contribution in [2.45, 2.75) is 56.8 Å². The number of fused-ring (bicyclic) bond motifs is 3. The van der Waals surface area contributed by atoms with Crippen molar-refractivity contribution in [1.82, 2.24) is 14.5 Å². The molecule has 2 aromatic carbocycles. The van der Waals surface area contributed by atoms with Gasteiger partial charge in [-0.05, 0) is 80.6 Å². The van der Waals surface area contributed by atoms with Crippen molar-refractivity contribution in [3.05, 3.63) is 76.3 Å². The topological polar surface area (TPSA) is 56.6 Å². The summed E-state index contributed by atoms with van der Waals surface area (Å²) in [6, 6.07) is 18.9. The monoisotopic (exact) mass is 535 g/mol. The lowest BCUT2D eigenvalue weighted by atomic mass is 9.98. The van der Waals surface area contributed by atoms with Crippen LogP contribution in [0.1, 0.15) is 32.6 Å². The quantitative estimate of drug-likeness (QED) is 0.283. The van der Waals surface area contributed by atoms with Crippen molar-refractivity contribution in [3.8, 4) is 21.9 Å². The molecular weight excluding hydrogens is 506 g/mol. The molecule has 8 heteroatoms. The van der Waals surface area contributed by atoms with E-state index >= 15 is 0 Å². The van der Waals surface area contributed by atoms with E-state index in [-0.39, 0.29) is 11.7 Å². The lowest BCUT2D eigenvalue weighted by molar-refractivity contribution is 0.00197. The zero-order valence-electron chi connectivity index (χ0n) is 21.0. The van der Waals surface area contributed by atoms with E-state index in [9.17, 15) is 4.79 Å². The smallest absolute Gasteiger partial charge is 0.275 e. The molecule has 0 amide bonds. The van der Waals surface area contributed by atoms with E-state index in [4.69, 9.17) is 21.1 Å². The fourth-order valence-electron chi connectivity index (χ4n) is 6.04. The number of hydrogen-bond acceptors (Lipinski definition) is 6. The molecule has 2 fully saturated rings. The normalized spacial score (nSPS) is 22.4. The molecule has 0 N–H and O–H groups in total. The van der Waals surface area contributed by atoms with Gasteiger partial charge in [0.1, 0.15) is 22.9 Å². The zero-order valence-corrected chi connectivity index (χ0v) is 22.5. The number of thiophene rings is 1. The van der Waals surface area contributed by atoms with Gasteiger partial charge in [0.05, 0.1) is 17.8 Å². The molecule has 4 atom stereocenters. The second kappa shape index (κ2) is 10.2. The standard InChI is InChI=1S/C29H30ClN3O3S/c1-18(16-35-2)33-22-7-8-23(33)14-25(13-22)36-24-11-9-21(10-12-24)32-17-31-26-15-27(37-28(26)29(32)34)19-3-5-20(30)6-4-19/h3-6,9-12,15,17-18,22-23,25H,7-8,13-14,16H2,1-2H3/t18?,22-,23+,25+. The van der Waals surface area contributed by atoms with E-state index < -0.39 is 0 Å². The lowest BCUT2D eigenvalue weighted by Gasteiger charge is -2.42. The van der Waals surface area contributed by atoms with Crippen LogP contribution >= 0.6 is 22.9 Å². The molecule has 0 saturated carbocycles. The highest BCUT2D eigenvalue weighted by Crippen LogP contribution is 2.39. The molecule has 192 valence electrons. The largest absolute Gasteiger partial charge is 0.490 e. The molecule has 4 aromatic rings. The van der Waals surface area contributed by atoms with Gasteiger partial charge in [-0.15, -0.1) is 11.3 Å². The third-order valence-electron chi connectivity index (χ3n) is 7.65. The summed E-state index contributed by atoms with van der Waals surface area (Å²) in [5.74, 6) is 0.842. The predicted molar refractivity (Wildman–Crippen MR) is 149 cm³/mol. The van der Waals surface area contributed by atoms with E-state index in [1.807, 2.05) is 54.6 Å². The molecule has 2 aliphatic rings. The SMILES string of the molecule is COCC(C)N1[C@@H]2CC[C@H]1C[C@@H](Oc1ccc(-n3cnc4cc(-c5ccc(Cl)cc5)sc4c3=O)cc1)C2. The lowest BCUT2D eigenvalue weighted by Crippen LogP contribution is -2.51. The van der Waals surface area contributed by atoms with Gasteiger partial charge in [-0.25, -0.2) is 4.98 Å². The maximum atomic E-state index is 13.3. The minimum absolute atomic E-state index is 0.0713. The molecule has 6 nitrogen and oxygen atoms in total. The third kappa shape index (κ3) is 4.81. The molecule has 2 aliphatic heterocycles. The number of aromatic nitrogens is 2. The van der Waals surface area contributed by atoms with E-state index in [1.54, 1.807) is 18.0 Å². The highest BCUT2D eigenvalue weighted by atomic mass is 35.5. The highest BCUT2D eigenvalue weighted by Gasteiger charge is 2.43. The Bertz CT molecular complexity index is 1440. The molecule has 2 bridgehead atoms. The van der Waals surface area contributed by atoms with E-state index in [2.05, 4.69) is 16.8 Å². The first-order valence-corrected chi connectivity index (χ1v) is 14.0. The van der Waals surface area contributed by atoms with Gasteiger partial charge in [-0.3, -0.25) is 14.3 Å². The van der Waals surface area contributed by atoms with Crippen LogP contribution in [0.25, 0.3) is 26.3 Å². The summed E-state index contributed by atoms with van der Waals surface area (Å²) in [4.78, 5) is 21.5. The van der Waals surface area contributed by atoms with Crippen LogP contribution in [0.2, 0.25) is 5.02 Å². The van der Waals surface area contributed by atoms with Crippen LogP contribution in [0.3, 0.4) is 0 Å². The maximum Gasteiger partial charge on any atom is 0.275 e. The molecule has 0 spiro atoms. The maximum absolute atomic E-state index is 13.3. The summed E-state index contributed by atoms with van der Waals surface area (Å²) >= 11 is 7.48. The Morgan fingerprint density at radius 3 is 2.46 bits per heavy atom. The molecule has 37 heavy (non-hydrogen) atoms. The van der Waals surface area contributed by atoms with E-state index in [0.29, 0.717) is 33.4 Å². The number of nitrogens with zero attached hydrogens (tertiary/aromatic N) is 3. The Morgan fingerprint density at radius 1 is 1.08 bits per heavy atom. The van der Waals surface area contributed by atoms with Gasteiger partial charge >= 0.3 is 0 Å². The van der Waals surface area contributed by atoms with Crippen molar-refractivity contribution in [2.75, 3.05) is 13.7 Å². The van der Waals surface area contributed by atoms with Crippen molar-refractivity contribution in [1.29, 1.82) is 0 Å². The summed E-state index contributed by atoms with van der Waals surface area (Å²) in [6.07, 6.45) is 6.37. The fourth-order valence-corrected chi connectivity index (χ4v) is 7.21. The Kier molecular flexibility index (Phi) is 6.80. The summed E-state index contributed by atoms with van der Waals surface area (Å²) in [7, 11) is 1.78. The number of halogens is 1. The van der Waals surface area contributed by atoms with Crippen LogP contribution in [0.5, 0.6) is 5.75 Å². The number of hydrogen-bond donors (Lipinski definition) is 0. The van der Waals surface area contributed by atoms with Crippen LogP contribution in [-0.4, -0.2) is 52.4 Å². The van der Waals surface area contributed by atoms with Gasteiger partial charge in [0, 0.05) is 35.1 Å². The van der Waals surface area contributed by atoms with Crippen LogP contribution in [-0.2, 0) is 4.74 Å². The number of rotatable bonds is 7. The first kappa shape index (κ1) is 24.6. The van der Waals surface area contributed by atoms with Crippen LogP contribution in [0.4, 0.5) is 0 Å². The summed E-state index contributed by atoms with van der Waals surface area (Å²) < 4.78 is 14.0. The molecule has 0 radical (unpaired) electrons. The van der Waals surface area contributed by atoms with Gasteiger partial charge in [0.25, 0.3) is 5.56 Å². The van der Waals surface area contributed by atoms with E-state index in [1.165, 1.54) is 24.2 Å². The van der Waals surface area contributed by atoms with Crippen LogP contribution in [0, 0.1) is 0 Å². The Balaban J connectivity index is 1.17. The molecule has 6 rings (SSSR count). The Morgan fingerprint density at radius 2 is 1.78 bits per heavy atom. The van der Waals surface area contributed by atoms with Gasteiger partial charge in [0.15, 0.2) is 0 Å². The minimum Gasteiger partial charge on any atom is -0.490 e. The minimum atomic E-state index is -0.0713. The van der Waals surface area contributed by atoms with Crippen LogP contribution < -0.4 is 10.3 Å². The van der Waals surface area contributed by atoms with E-state index in [0.717, 1.165) is 41.3 Å².